The van der Waals surface area contributed by atoms with Gasteiger partial charge in [-0.15, -0.1) is 11.3 Å². The molecule has 0 saturated carbocycles. The Morgan fingerprint density at radius 2 is 2.00 bits per heavy atom. The van der Waals surface area contributed by atoms with E-state index >= 15 is 0 Å². The third-order valence-electron chi connectivity index (χ3n) is 2.65. The lowest BCUT2D eigenvalue weighted by Gasteiger charge is -2.15. The molecule has 0 radical (unpaired) electrons. The number of hydrogen-bond donors (Lipinski definition) is 1. The molecule has 2 N–H and O–H groups in total. The molecule has 2 aromatic rings. The monoisotopic (exact) mass is 303 g/mol. The molecule has 6 heteroatoms. The summed E-state index contributed by atoms with van der Waals surface area (Å²) in [7, 11) is 0. The predicted molar refractivity (Wildman–Crippen MR) is 73.2 cm³/mol. The highest BCUT2D eigenvalue weighted by atomic mass is 35.5. The minimum absolute atomic E-state index is 0.0900. The van der Waals surface area contributed by atoms with Crippen molar-refractivity contribution in [2.24, 2.45) is 5.73 Å². The quantitative estimate of drug-likeness (QED) is 0.911. The smallest absolute Gasteiger partial charge is 0.387 e. The van der Waals surface area contributed by atoms with Gasteiger partial charge in [-0.2, -0.15) is 8.78 Å². The average Bonchev–Trinajstić information content (AvgIpc) is 2.69. The minimum Gasteiger partial charge on any atom is -0.434 e. The number of hydrogen-bond acceptors (Lipinski definition) is 3. The summed E-state index contributed by atoms with van der Waals surface area (Å²) in [6.45, 7) is -1.00. The second-order valence-corrected chi connectivity index (χ2v) is 5.69. The summed E-state index contributed by atoms with van der Waals surface area (Å²) in [4.78, 5) is 0.813. The third kappa shape index (κ3) is 3.23. The Hall–Kier alpha value is -1.17. The first kappa shape index (κ1) is 14.2. The van der Waals surface area contributed by atoms with Crippen molar-refractivity contribution >= 4 is 22.9 Å². The van der Waals surface area contributed by atoms with Crippen molar-refractivity contribution in [3.05, 3.63) is 50.7 Å². The molecule has 0 bridgehead atoms. The molecule has 0 amide bonds. The van der Waals surface area contributed by atoms with Crippen molar-refractivity contribution in [3.8, 4) is 5.75 Å². The topological polar surface area (TPSA) is 35.2 Å². The number of benzene rings is 1. The van der Waals surface area contributed by atoms with E-state index in [1.807, 2.05) is 13.0 Å². The Morgan fingerprint density at radius 3 is 2.58 bits per heavy atom. The number of halogens is 3. The Bertz CT molecular complexity index is 554. The van der Waals surface area contributed by atoms with Gasteiger partial charge in [-0.3, -0.25) is 0 Å². The van der Waals surface area contributed by atoms with Gasteiger partial charge in [0, 0.05) is 10.4 Å². The maximum Gasteiger partial charge on any atom is 0.387 e. The Balaban J connectivity index is 2.35. The largest absolute Gasteiger partial charge is 0.434 e. The van der Waals surface area contributed by atoms with Crippen molar-refractivity contribution < 1.29 is 13.5 Å². The van der Waals surface area contributed by atoms with Crippen LogP contribution in [-0.2, 0) is 0 Å². The molecular formula is C13H12ClF2NOS. The second-order valence-electron chi connectivity index (χ2n) is 4.00. The molecule has 2 rings (SSSR count). The number of para-hydroxylation sites is 1. The van der Waals surface area contributed by atoms with Crippen LogP contribution in [0.25, 0.3) is 0 Å². The molecule has 1 aromatic carbocycles. The third-order valence-corrected chi connectivity index (χ3v) is 4.29. The molecule has 0 aliphatic rings. The van der Waals surface area contributed by atoms with Crippen LogP contribution in [0.3, 0.4) is 0 Å². The average molecular weight is 304 g/mol. The van der Waals surface area contributed by atoms with Crippen molar-refractivity contribution in [3.63, 3.8) is 0 Å². The molecule has 1 heterocycles. The first-order chi connectivity index (χ1) is 8.99. The highest BCUT2D eigenvalue weighted by Crippen LogP contribution is 2.36. The summed E-state index contributed by atoms with van der Waals surface area (Å²) in [5, 5.41) is 0. The normalized spacial score (nSPS) is 12.7. The number of alkyl halides is 2. The fraction of sp³-hybridized carbons (Fsp3) is 0.231. The van der Waals surface area contributed by atoms with Crippen LogP contribution in [0, 0.1) is 6.92 Å². The summed E-state index contributed by atoms with van der Waals surface area (Å²) in [6, 6.07) is 7.83. The Kier molecular flexibility index (Phi) is 4.39. The first-order valence-corrected chi connectivity index (χ1v) is 6.73. The molecule has 0 spiro atoms. The van der Waals surface area contributed by atoms with Gasteiger partial charge in [0.2, 0.25) is 0 Å². The van der Waals surface area contributed by atoms with E-state index in [1.54, 1.807) is 18.2 Å². The van der Waals surface area contributed by atoms with Crippen LogP contribution in [0.1, 0.15) is 22.0 Å². The zero-order valence-corrected chi connectivity index (χ0v) is 11.6. The van der Waals surface area contributed by atoms with Crippen molar-refractivity contribution in [1.82, 2.24) is 0 Å². The molecule has 0 fully saturated rings. The van der Waals surface area contributed by atoms with Crippen molar-refractivity contribution in [1.29, 1.82) is 0 Å². The molecule has 19 heavy (non-hydrogen) atoms. The number of thiophene rings is 1. The van der Waals surface area contributed by atoms with Gasteiger partial charge < -0.3 is 10.5 Å². The second kappa shape index (κ2) is 5.86. The standard InChI is InChI=1S/C13H12ClF2NOS/c1-7-6-10(19-12(7)14)11(17)8-4-2-3-5-9(8)18-13(15)16/h2-6,11,13H,17H2,1H3. The van der Waals surface area contributed by atoms with E-state index < -0.39 is 12.7 Å². The van der Waals surface area contributed by atoms with Gasteiger partial charge in [0.25, 0.3) is 0 Å². The summed E-state index contributed by atoms with van der Waals surface area (Å²) >= 11 is 7.34. The maximum absolute atomic E-state index is 12.4. The van der Waals surface area contributed by atoms with E-state index in [4.69, 9.17) is 17.3 Å². The van der Waals surface area contributed by atoms with Gasteiger partial charge in [0.1, 0.15) is 5.75 Å². The van der Waals surface area contributed by atoms with E-state index in [9.17, 15) is 8.78 Å². The van der Waals surface area contributed by atoms with E-state index in [1.165, 1.54) is 17.4 Å². The van der Waals surface area contributed by atoms with Gasteiger partial charge in [0.15, 0.2) is 0 Å². The van der Waals surface area contributed by atoms with Gasteiger partial charge >= 0.3 is 6.61 Å². The highest BCUT2D eigenvalue weighted by molar-refractivity contribution is 7.16. The van der Waals surface area contributed by atoms with Crippen LogP contribution in [-0.4, -0.2) is 6.61 Å². The highest BCUT2D eigenvalue weighted by Gasteiger charge is 2.18. The van der Waals surface area contributed by atoms with Crippen molar-refractivity contribution in [2.75, 3.05) is 0 Å². The maximum atomic E-state index is 12.4. The van der Waals surface area contributed by atoms with Crippen LogP contribution < -0.4 is 10.5 Å². The molecule has 0 aliphatic carbocycles. The Labute approximate surface area is 118 Å². The van der Waals surface area contributed by atoms with Gasteiger partial charge in [0.05, 0.1) is 10.4 Å². The fourth-order valence-electron chi connectivity index (χ4n) is 1.73. The molecule has 0 aliphatic heterocycles. The van der Waals surface area contributed by atoms with Crippen LogP contribution in [0.5, 0.6) is 5.75 Å². The van der Waals surface area contributed by atoms with E-state index in [0.717, 1.165) is 10.4 Å². The van der Waals surface area contributed by atoms with Crippen LogP contribution in [0.2, 0.25) is 4.34 Å². The molecular weight excluding hydrogens is 292 g/mol. The predicted octanol–water partition coefficient (Wildman–Crippen LogP) is 4.36. The molecule has 1 unspecified atom stereocenters. The molecule has 1 atom stereocenters. The number of rotatable bonds is 4. The van der Waals surface area contributed by atoms with Gasteiger partial charge in [-0.25, -0.2) is 0 Å². The van der Waals surface area contributed by atoms with Crippen LogP contribution >= 0.6 is 22.9 Å². The number of nitrogens with two attached hydrogens (primary N) is 1. The molecule has 1 aromatic heterocycles. The van der Waals surface area contributed by atoms with E-state index in [2.05, 4.69) is 4.74 Å². The lowest BCUT2D eigenvalue weighted by molar-refractivity contribution is -0.0505. The zero-order valence-electron chi connectivity index (χ0n) is 10.1. The zero-order chi connectivity index (χ0) is 14.0. The lowest BCUT2D eigenvalue weighted by Crippen LogP contribution is -2.13. The minimum atomic E-state index is -2.87. The van der Waals surface area contributed by atoms with Crippen molar-refractivity contribution in [2.45, 2.75) is 19.6 Å². The number of aryl methyl sites for hydroxylation is 1. The van der Waals surface area contributed by atoms with Crippen LogP contribution in [0.4, 0.5) is 8.78 Å². The SMILES string of the molecule is Cc1cc(C(N)c2ccccc2OC(F)F)sc1Cl. The number of ether oxygens (including phenoxy) is 1. The summed E-state index contributed by atoms with van der Waals surface area (Å²) < 4.78 is 29.8. The molecule has 102 valence electrons. The van der Waals surface area contributed by atoms with Crippen LogP contribution in [0.15, 0.2) is 30.3 Å². The van der Waals surface area contributed by atoms with E-state index in [-0.39, 0.29) is 5.75 Å². The molecule has 0 saturated heterocycles. The summed E-state index contributed by atoms with van der Waals surface area (Å²) in [5.74, 6) is 0.0900. The summed E-state index contributed by atoms with van der Waals surface area (Å²) in [6.07, 6.45) is 0. The van der Waals surface area contributed by atoms with E-state index in [0.29, 0.717) is 9.90 Å². The van der Waals surface area contributed by atoms with Gasteiger partial charge in [-0.05, 0) is 24.6 Å². The Morgan fingerprint density at radius 1 is 1.32 bits per heavy atom. The lowest BCUT2D eigenvalue weighted by atomic mass is 10.0. The van der Waals surface area contributed by atoms with Gasteiger partial charge in [-0.1, -0.05) is 29.8 Å². The first-order valence-electron chi connectivity index (χ1n) is 5.54. The molecule has 2 nitrogen and oxygen atoms in total. The summed E-state index contributed by atoms with van der Waals surface area (Å²) in [5.41, 5.74) is 7.54. The fourth-order valence-corrected chi connectivity index (χ4v) is 2.97.